The minimum atomic E-state index is -3.70. The van der Waals surface area contributed by atoms with E-state index >= 15 is 0 Å². The number of sulfonamides is 1. The van der Waals surface area contributed by atoms with E-state index in [1.807, 2.05) is 13.8 Å². The summed E-state index contributed by atoms with van der Waals surface area (Å²) in [4.78, 5) is -0.0175. The summed E-state index contributed by atoms with van der Waals surface area (Å²) in [6.07, 6.45) is 0.715. The highest BCUT2D eigenvalue weighted by Gasteiger charge is 2.20. The van der Waals surface area contributed by atoms with E-state index in [1.165, 1.54) is 19.1 Å². The van der Waals surface area contributed by atoms with Gasteiger partial charge in [0.15, 0.2) is 0 Å². The summed E-state index contributed by atoms with van der Waals surface area (Å²) < 4.78 is 40.7. The molecule has 0 saturated heterocycles. The van der Waals surface area contributed by atoms with E-state index in [2.05, 4.69) is 4.72 Å². The maximum absolute atomic E-state index is 13.6. The molecule has 0 saturated carbocycles. The number of aliphatic hydroxyl groups excluding tert-OH is 1. The minimum absolute atomic E-state index is 0.0121. The highest BCUT2D eigenvalue weighted by atomic mass is 32.2. The van der Waals surface area contributed by atoms with Gasteiger partial charge in [-0.05, 0) is 43.9 Å². The molecule has 0 radical (unpaired) electrons. The summed E-state index contributed by atoms with van der Waals surface area (Å²) >= 11 is 0. The second kappa shape index (κ2) is 6.65. The predicted octanol–water partition coefficient (Wildman–Crippen LogP) is 2.34. The first-order valence-corrected chi connectivity index (χ1v) is 8.08. The van der Waals surface area contributed by atoms with Crippen LogP contribution in [-0.2, 0) is 16.6 Å². The standard InChI is InChI=1S/C14H22FNO3S/c1-9(2)5-11(4)16-20(18,19)13-6-10(3)14(15)12(7-13)8-17/h6-7,9,11,16-17H,5,8H2,1-4H3. The fourth-order valence-corrected chi connectivity index (χ4v) is 3.56. The molecule has 0 fully saturated rings. The van der Waals surface area contributed by atoms with Gasteiger partial charge in [0.25, 0.3) is 0 Å². The lowest BCUT2D eigenvalue weighted by Crippen LogP contribution is -2.33. The third kappa shape index (κ3) is 4.26. The molecule has 4 nitrogen and oxygen atoms in total. The van der Waals surface area contributed by atoms with Gasteiger partial charge in [0, 0.05) is 11.6 Å². The Bertz CT molecular complexity index is 570. The van der Waals surface area contributed by atoms with Crippen LogP contribution in [0, 0.1) is 18.7 Å². The molecular weight excluding hydrogens is 281 g/mol. The molecule has 2 N–H and O–H groups in total. The van der Waals surface area contributed by atoms with Gasteiger partial charge < -0.3 is 5.11 Å². The number of nitrogens with one attached hydrogen (secondary N) is 1. The Hall–Kier alpha value is -0.980. The average molecular weight is 303 g/mol. The van der Waals surface area contributed by atoms with Gasteiger partial charge in [0.1, 0.15) is 5.82 Å². The van der Waals surface area contributed by atoms with Crippen LogP contribution >= 0.6 is 0 Å². The quantitative estimate of drug-likeness (QED) is 0.847. The van der Waals surface area contributed by atoms with Gasteiger partial charge in [-0.2, -0.15) is 0 Å². The number of hydrogen-bond donors (Lipinski definition) is 2. The van der Waals surface area contributed by atoms with Crippen molar-refractivity contribution in [2.75, 3.05) is 0 Å². The van der Waals surface area contributed by atoms with Crippen molar-refractivity contribution in [3.05, 3.63) is 29.1 Å². The van der Waals surface area contributed by atoms with E-state index in [0.717, 1.165) is 0 Å². The van der Waals surface area contributed by atoms with Crippen LogP contribution in [-0.4, -0.2) is 19.6 Å². The molecule has 0 bridgehead atoms. The number of benzene rings is 1. The SMILES string of the molecule is Cc1cc(S(=O)(=O)NC(C)CC(C)C)cc(CO)c1F. The Morgan fingerprint density at radius 1 is 1.30 bits per heavy atom. The van der Waals surface area contributed by atoms with E-state index in [4.69, 9.17) is 5.11 Å². The van der Waals surface area contributed by atoms with Crippen molar-refractivity contribution in [3.8, 4) is 0 Å². The summed E-state index contributed by atoms with van der Waals surface area (Å²) in [6, 6.07) is 2.24. The highest BCUT2D eigenvalue weighted by molar-refractivity contribution is 7.89. The number of halogens is 1. The topological polar surface area (TPSA) is 66.4 Å². The zero-order valence-corrected chi connectivity index (χ0v) is 13.1. The maximum Gasteiger partial charge on any atom is 0.240 e. The van der Waals surface area contributed by atoms with E-state index in [-0.39, 0.29) is 22.1 Å². The van der Waals surface area contributed by atoms with Crippen LogP contribution in [0.4, 0.5) is 4.39 Å². The van der Waals surface area contributed by atoms with Gasteiger partial charge in [-0.15, -0.1) is 0 Å². The fraction of sp³-hybridized carbons (Fsp3) is 0.571. The molecule has 1 atom stereocenters. The Morgan fingerprint density at radius 3 is 2.40 bits per heavy atom. The van der Waals surface area contributed by atoms with Crippen molar-refractivity contribution < 1.29 is 17.9 Å². The first-order valence-electron chi connectivity index (χ1n) is 6.59. The zero-order chi connectivity index (χ0) is 15.5. The molecule has 0 aromatic heterocycles. The first kappa shape index (κ1) is 17.1. The molecule has 1 unspecified atom stereocenters. The monoisotopic (exact) mass is 303 g/mol. The maximum atomic E-state index is 13.6. The number of hydrogen-bond acceptors (Lipinski definition) is 3. The lowest BCUT2D eigenvalue weighted by molar-refractivity contribution is 0.275. The van der Waals surface area contributed by atoms with E-state index < -0.39 is 22.4 Å². The Labute approximate surface area is 120 Å². The van der Waals surface area contributed by atoms with Crippen molar-refractivity contribution in [2.24, 2.45) is 5.92 Å². The normalized spacial score (nSPS) is 13.8. The van der Waals surface area contributed by atoms with Crippen LogP contribution in [0.25, 0.3) is 0 Å². The summed E-state index contributed by atoms with van der Waals surface area (Å²) in [7, 11) is -3.70. The summed E-state index contributed by atoms with van der Waals surface area (Å²) in [5, 5.41) is 9.08. The summed E-state index contributed by atoms with van der Waals surface area (Å²) in [5.41, 5.74) is 0.190. The minimum Gasteiger partial charge on any atom is -0.392 e. The molecule has 114 valence electrons. The van der Waals surface area contributed by atoms with Crippen LogP contribution in [0.3, 0.4) is 0 Å². The Balaban J connectivity index is 3.07. The Morgan fingerprint density at radius 2 is 1.90 bits per heavy atom. The molecule has 0 aliphatic rings. The van der Waals surface area contributed by atoms with Gasteiger partial charge in [0.05, 0.1) is 11.5 Å². The Kier molecular flexibility index (Phi) is 5.68. The largest absolute Gasteiger partial charge is 0.392 e. The van der Waals surface area contributed by atoms with Crippen LogP contribution in [0.15, 0.2) is 17.0 Å². The highest BCUT2D eigenvalue weighted by Crippen LogP contribution is 2.20. The predicted molar refractivity (Wildman–Crippen MR) is 76.3 cm³/mol. The van der Waals surface area contributed by atoms with Crippen molar-refractivity contribution in [2.45, 2.75) is 51.7 Å². The first-order chi connectivity index (χ1) is 9.17. The molecule has 0 amide bonds. The number of aliphatic hydroxyl groups is 1. The molecule has 0 spiro atoms. The van der Waals surface area contributed by atoms with Crippen molar-refractivity contribution in [3.63, 3.8) is 0 Å². The van der Waals surface area contributed by atoms with Crippen LogP contribution < -0.4 is 4.72 Å². The molecular formula is C14H22FNO3S. The lowest BCUT2D eigenvalue weighted by Gasteiger charge is -2.17. The van der Waals surface area contributed by atoms with Crippen molar-refractivity contribution in [1.82, 2.24) is 4.72 Å². The van der Waals surface area contributed by atoms with Gasteiger partial charge in [-0.25, -0.2) is 17.5 Å². The molecule has 1 aromatic rings. The number of rotatable bonds is 6. The molecule has 0 aliphatic carbocycles. The van der Waals surface area contributed by atoms with Gasteiger partial charge >= 0.3 is 0 Å². The van der Waals surface area contributed by atoms with Crippen LogP contribution in [0.2, 0.25) is 0 Å². The van der Waals surface area contributed by atoms with E-state index in [1.54, 1.807) is 6.92 Å². The van der Waals surface area contributed by atoms with Gasteiger partial charge in [-0.1, -0.05) is 13.8 Å². The fourth-order valence-electron chi connectivity index (χ4n) is 2.17. The number of aryl methyl sites for hydroxylation is 1. The second-order valence-electron chi connectivity index (χ2n) is 5.52. The van der Waals surface area contributed by atoms with Crippen molar-refractivity contribution in [1.29, 1.82) is 0 Å². The van der Waals surface area contributed by atoms with E-state index in [0.29, 0.717) is 12.3 Å². The average Bonchev–Trinajstić information content (AvgIpc) is 2.30. The summed E-state index contributed by atoms with van der Waals surface area (Å²) in [5.74, 6) is -0.197. The van der Waals surface area contributed by atoms with Crippen LogP contribution in [0.1, 0.15) is 38.3 Å². The third-order valence-corrected chi connectivity index (χ3v) is 4.53. The molecule has 20 heavy (non-hydrogen) atoms. The smallest absolute Gasteiger partial charge is 0.240 e. The van der Waals surface area contributed by atoms with Gasteiger partial charge in [0.2, 0.25) is 10.0 Å². The third-order valence-electron chi connectivity index (χ3n) is 2.97. The molecule has 6 heteroatoms. The molecule has 0 heterocycles. The molecule has 1 aromatic carbocycles. The van der Waals surface area contributed by atoms with Crippen LogP contribution in [0.5, 0.6) is 0 Å². The van der Waals surface area contributed by atoms with E-state index in [9.17, 15) is 12.8 Å². The summed E-state index contributed by atoms with van der Waals surface area (Å²) in [6.45, 7) is 6.76. The zero-order valence-electron chi connectivity index (χ0n) is 12.3. The van der Waals surface area contributed by atoms with Gasteiger partial charge in [-0.3, -0.25) is 0 Å². The molecule has 1 rings (SSSR count). The lowest BCUT2D eigenvalue weighted by atomic mass is 10.1. The second-order valence-corrected chi connectivity index (χ2v) is 7.24. The molecule has 0 aliphatic heterocycles. The van der Waals surface area contributed by atoms with Crippen molar-refractivity contribution >= 4 is 10.0 Å².